The van der Waals surface area contributed by atoms with Gasteiger partial charge in [-0.1, -0.05) is 0 Å². The van der Waals surface area contributed by atoms with Gasteiger partial charge in [0.2, 0.25) is 0 Å². The van der Waals surface area contributed by atoms with Crippen molar-refractivity contribution in [3.63, 3.8) is 0 Å². The highest BCUT2D eigenvalue weighted by atomic mass is 16.3. The van der Waals surface area contributed by atoms with Crippen molar-refractivity contribution in [3.8, 4) is 0 Å². The van der Waals surface area contributed by atoms with Crippen LogP contribution in [0.3, 0.4) is 0 Å². The van der Waals surface area contributed by atoms with E-state index in [9.17, 15) is 5.11 Å². The van der Waals surface area contributed by atoms with Crippen LogP contribution in [0.1, 0.15) is 12.8 Å². The van der Waals surface area contributed by atoms with Gasteiger partial charge in [0.05, 0.1) is 6.10 Å². The summed E-state index contributed by atoms with van der Waals surface area (Å²) in [7, 11) is 0. The second-order valence-electron chi connectivity index (χ2n) is 5.16. The highest BCUT2D eigenvalue weighted by Gasteiger charge is 2.23. The Hall–Kier alpha value is -1.40. The smallest absolute Gasteiger partial charge is 0.172 e. The molecule has 2 aliphatic heterocycles. The summed E-state index contributed by atoms with van der Waals surface area (Å²) in [4.78, 5) is 13.6. The van der Waals surface area contributed by atoms with E-state index >= 15 is 0 Å². The Balaban J connectivity index is 1.80. The predicted molar refractivity (Wildman–Crippen MR) is 74.6 cm³/mol. The Morgan fingerprint density at radius 3 is 2.05 bits per heavy atom. The zero-order valence-corrected chi connectivity index (χ0v) is 11.1. The summed E-state index contributed by atoms with van der Waals surface area (Å²) in [6, 6.07) is 0. The molecule has 2 N–H and O–H groups in total. The Labute approximate surface area is 113 Å². The van der Waals surface area contributed by atoms with Gasteiger partial charge in [-0.05, 0) is 12.8 Å². The molecule has 3 heterocycles. The number of piperazine rings is 1. The van der Waals surface area contributed by atoms with Crippen LogP contribution >= 0.6 is 0 Å². The summed E-state index contributed by atoms with van der Waals surface area (Å²) < 4.78 is 0. The number of aromatic nitrogens is 2. The SMILES string of the molecule is OC1CCN(c2nccnc2N2CCNCC2)CC1. The second kappa shape index (κ2) is 5.71. The minimum absolute atomic E-state index is 0.157. The summed E-state index contributed by atoms with van der Waals surface area (Å²) >= 11 is 0. The van der Waals surface area contributed by atoms with Crippen molar-refractivity contribution >= 4 is 11.6 Å². The van der Waals surface area contributed by atoms with Crippen LogP contribution < -0.4 is 15.1 Å². The van der Waals surface area contributed by atoms with E-state index in [2.05, 4.69) is 25.1 Å². The molecule has 1 aromatic heterocycles. The first-order chi connectivity index (χ1) is 9.34. The summed E-state index contributed by atoms with van der Waals surface area (Å²) in [6.45, 7) is 5.66. The lowest BCUT2D eigenvalue weighted by Gasteiger charge is -2.35. The topological polar surface area (TPSA) is 64.5 Å². The normalized spacial score (nSPS) is 21.7. The Bertz CT molecular complexity index is 413. The molecule has 0 atom stereocenters. The first-order valence-electron chi connectivity index (χ1n) is 7.04. The third kappa shape index (κ3) is 2.79. The number of hydrogen-bond donors (Lipinski definition) is 2. The monoisotopic (exact) mass is 263 g/mol. The lowest BCUT2D eigenvalue weighted by atomic mass is 10.1. The van der Waals surface area contributed by atoms with Gasteiger partial charge in [0, 0.05) is 51.7 Å². The van der Waals surface area contributed by atoms with Gasteiger partial charge in [-0.2, -0.15) is 0 Å². The molecule has 2 fully saturated rings. The minimum atomic E-state index is -0.157. The molecule has 0 unspecified atom stereocenters. The largest absolute Gasteiger partial charge is 0.393 e. The van der Waals surface area contributed by atoms with Crippen LogP contribution in [-0.4, -0.2) is 60.4 Å². The Kier molecular flexibility index (Phi) is 3.79. The van der Waals surface area contributed by atoms with E-state index in [1.54, 1.807) is 12.4 Å². The predicted octanol–water partition coefficient (Wildman–Crippen LogP) is -0.153. The second-order valence-corrected chi connectivity index (χ2v) is 5.16. The van der Waals surface area contributed by atoms with Crippen molar-refractivity contribution in [2.24, 2.45) is 0 Å². The maximum Gasteiger partial charge on any atom is 0.172 e. The van der Waals surface area contributed by atoms with Crippen molar-refractivity contribution in [1.82, 2.24) is 15.3 Å². The molecule has 0 spiro atoms. The minimum Gasteiger partial charge on any atom is -0.393 e. The van der Waals surface area contributed by atoms with Crippen LogP contribution in [0.15, 0.2) is 12.4 Å². The first kappa shape index (κ1) is 12.6. The molecule has 0 saturated carbocycles. The molecular formula is C13H21N5O. The molecule has 1 aromatic rings. The standard InChI is InChI=1S/C13H21N5O/c19-11-1-7-17(8-2-11)12-13(16-4-3-15-12)18-9-5-14-6-10-18/h3-4,11,14,19H,1-2,5-10H2. The Morgan fingerprint density at radius 1 is 0.947 bits per heavy atom. The van der Waals surface area contributed by atoms with E-state index in [1.807, 2.05) is 0 Å². The number of nitrogens with zero attached hydrogens (tertiary/aromatic N) is 4. The molecule has 3 rings (SSSR count). The molecule has 0 aliphatic carbocycles. The number of nitrogens with one attached hydrogen (secondary N) is 1. The maximum atomic E-state index is 9.61. The maximum absolute atomic E-state index is 9.61. The van der Waals surface area contributed by atoms with Crippen LogP contribution in [0.4, 0.5) is 11.6 Å². The number of piperidine rings is 1. The number of aliphatic hydroxyl groups is 1. The van der Waals surface area contributed by atoms with Crippen LogP contribution in [0.25, 0.3) is 0 Å². The van der Waals surface area contributed by atoms with E-state index in [-0.39, 0.29) is 6.10 Å². The summed E-state index contributed by atoms with van der Waals surface area (Å²) in [6.07, 6.45) is 5.00. The molecule has 0 bridgehead atoms. The van der Waals surface area contributed by atoms with Crippen LogP contribution in [-0.2, 0) is 0 Å². The summed E-state index contributed by atoms with van der Waals surface area (Å²) in [5.41, 5.74) is 0. The van der Waals surface area contributed by atoms with E-state index in [1.165, 1.54) is 0 Å². The number of rotatable bonds is 2. The summed E-state index contributed by atoms with van der Waals surface area (Å²) in [5.74, 6) is 1.96. The van der Waals surface area contributed by atoms with Crippen molar-refractivity contribution in [2.75, 3.05) is 49.1 Å². The fraction of sp³-hybridized carbons (Fsp3) is 0.692. The zero-order valence-electron chi connectivity index (χ0n) is 11.1. The van der Waals surface area contributed by atoms with Crippen molar-refractivity contribution in [3.05, 3.63) is 12.4 Å². The highest BCUT2D eigenvalue weighted by Crippen LogP contribution is 2.27. The van der Waals surface area contributed by atoms with Gasteiger partial charge in [0.1, 0.15) is 0 Å². The zero-order chi connectivity index (χ0) is 13.1. The summed E-state index contributed by atoms with van der Waals surface area (Å²) in [5, 5.41) is 13.0. The van der Waals surface area contributed by atoms with Crippen LogP contribution in [0.5, 0.6) is 0 Å². The van der Waals surface area contributed by atoms with Gasteiger partial charge in [-0.3, -0.25) is 0 Å². The molecule has 104 valence electrons. The average Bonchev–Trinajstić information content (AvgIpc) is 2.49. The fourth-order valence-corrected chi connectivity index (χ4v) is 2.72. The number of aliphatic hydroxyl groups excluding tert-OH is 1. The van der Waals surface area contributed by atoms with E-state index in [4.69, 9.17) is 0 Å². The quantitative estimate of drug-likeness (QED) is 0.773. The highest BCUT2D eigenvalue weighted by molar-refractivity contribution is 5.62. The Morgan fingerprint density at radius 2 is 1.47 bits per heavy atom. The fourth-order valence-electron chi connectivity index (χ4n) is 2.72. The van der Waals surface area contributed by atoms with Crippen molar-refractivity contribution in [1.29, 1.82) is 0 Å². The van der Waals surface area contributed by atoms with Gasteiger partial charge < -0.3 is 20.2 Å². The lowest BCUT2D eigenvalue weighted by molar-refractivity contribution is 0.145. The first-order valence-corrected chi connectivity index (χ1v) is 7.04. The number of anilines is 2. The molecule has 2 saturated heterocycles. The van der Waals surface area contributed by atoms with Gasteiger partial charge in [0.15, 0.2) is 11.6 Å². The molecule has 0 radical (unpaired) electrons. The van der Waals surface area contributed by atoms with E-state index in [0.717, 1.165) is 63.7 Å². The van der Waals surface area contributed by atoms with Gasteiger partial charge in [0.25, 0.3) is 0 Å². The van der Waals surface area contributed by atoms with Gasteiger partial charge >= 0.3 is 0 Å². The molecule has 0 aromatic carbocycles. The van der Waals surface area contributed by atoms with Crippen LogP contribution in [0.2, 0.25) is 0 Å². The third-order valence-corrected chi connectivity index (χ3v) is 3.84. The van der Waals surface area contributed by atoms with Crippen LogP contribution in [0, 0.1) is 0 Å². The van der Waals surface area contributed by atoms with Crippen molar-refractivity contribution in [2.45, 2.75) is 18.9 Å². The van der Waals surface area contributed by atoms with E-state index < -0.39 is 0 Å². The molecule has 19 heavy (non-hydrogen) atoms. The molecular weight excluding hydrogens is 242 g/mol. The lowest BCUT2D eigenvalue weighted by Crippen LogP contribution is -2.45. The average molecular weight is 263 g/mol. The number of hydrogen-bond acceptors (Lipinski definition) is 6. The molecule has 6 nitrogen and oxygen atoms in total. The third-order valence-electron chi connectivity index (χ3n) is 3.84. The van der Waals surface area contributed by atoms with Crippen molar-refractivity contribution < 1.29 is 5.11 Å². The van der Waals surface area contributed by atoms with E-state index in [0.29, 0.717) is 0 Å². The van der Waals surface area contributed by atoms with Gasteiger partial charge in [-0.15, -0.1) is 0 Å². The molecule has 6 heteroatoms. The molecule has 0 amide bonds. The van der Waals surface area contributed by atoms with Gasteiger partial charge in [-0.25, -0.2) is 9.97 Å². The molecule has 2 aliphatic rings.